The first kappa shape index (κ1) is 9.85. The number of H-pyrrole nitrogens is 1. The third kappa shape index (κ3) is 2.04. The van der Waals surface area contributed by atoms with Crippen LogP contribution in [-0.4, -0.2) is 26.5 Å². The van der Waals surface area contributed by atoms with Crippen LogP contribution in [0.1, 0.15) is 19.2 Å². The number of rotatable bonds is 4. The fourth-order valence-electron chi connectivity index (χ4n) is 1.28. The van der Waals surface area contributed by atoms with E-state index in [1.165, 1.54) is 6.33 Å². The molecule has 0 aliphatic rings. The lowest BCUT2D eigenvalue weighted by atomic mass is 10.5. The Bertz CT molecular complexity index is 453. The fraction of sp³-hybridized carbons (Fsp3) is 0.444. The van der Waals surface area contributed by atoms with Gasteiger partial charge in [0.15, 0.2) is 11.5 Å². The van der Waals surface area contributed by atoms with Crippen molar-refractivity contribution in [3.05, 3.63) is 12.2 Å². The van der Waals surface area contributed by atoms with Gasteiger partial charge in [0, 0.05) is 6.61 Å². The molecule has 0 aromatic carbocycles. The number of hydrogen-bond acceptors (Lipinski definition) is 5. The van der Waals surface area contributed by atoms with Crippen LogP contribution in [0.15, 0.2) is 6.33 Å². The van der Waals surface area contributed by atoms with Crippen molar-refractivity contribution in [1.82, 2.24) is 19.9 Å². The van der Waals surface area contributed by atoms with Crippen molar-refractivity contribution in [3.8, 4) is 0 Å². The molecule has 2 heterocycles. The highest BCUT2D eigenvalue weighted by atomic mass is 16.5. The maximum Gasteiger partial charge on any atom is 0.183 e. The van der Waals surface area contributed by atoms with E-state index >= 15 is 0 Å². The number of nitrogens with two attached hydrogens (primary N) is 1. The van der Waals surface area contributed by atoms with E-state index < -0.39 is 0 Å². The SMILES string of the molecule is CCCOCc1nc2ncnc(N)c2[nH]1. The van der Waals surface area contributed by atoms with E-state index in [0.29, 0.717) is 23.6 Å². The van der Waals surface area contributed by atoms with Gasteiger partial charge < -0.3 is 15.5 Å². The number of nitrogens with zero attached hydrogens (tertiary/aromatic N) is 3. The summed E-state index contributed by atoms with van der Waals surface area (Å²) in [4.78, 5) is 15.1. The molecule has 2 aromatic rings. The summed E-state index contributed by atoms with van der Waals surface area (Å²) < 4.78 is 5.36. The number of nitrogen functional groups attached to an aromatic ring is 1. The molecule has 0 fully saturated rings. The lowest BCUT2D eigenvalue weighted by Gasteiger charge is -1.97. The van der Waals surface area contributed by atoms with Crippen molar-refractivity contribution in [2.45, 2.75) is 20.0 Å². The standard InChI is InChI=1S/C9H13N5O/c1-2-3-15-4-6-13-7-8(10)11-5-12-9(7)14-6/h5H,2-4H2,1H3,(H3,10,11,12,13,14). The second-order valence-corrected chi connectivity index (χ2v) is 3.19. The second-order valence-electron chi connectivity index (χ2n) is 3.19. The number of anilines is 1. The van der Waals surface area contributed by atoms with E-state index in [2.05, 4.69) is 26.9 Å². The first-order chi connectivity index (χ1) is 7.31. The van der Waals surface area contributed by atoms with Crippen LogP contribution in [-0.2, 0) is 11.3 Å². The minimum atomic E-state index is 0.411. The van der Waals surface area contributed by atoms with Gasteiger partial charge in [-0.05, 0) is 6.42 Å². The van der Waals surface area contributed by atoms with Crippen LogP contribution in [0.2, 0.25) is 0 Å². The van der Waals surface area contributed by atoms with Crippen molar-refractivity contribution < 1.29 is 4.74 Å². The Morgan fingerprint density at radius 2 is 2.33 bits per heavy atom. The van der Waals surface area contributed by atoms with Crippen molar-refractivity contribution in [1.29, 1.82) is 0 Å². The largest absolute Gasteiger partial charge is 0.382 e. The smallest absolute Gasteiger partial charge is 0.183 e. The maximum absolute atomic E-state index is 5.66. The third-order valence-electron chi connectivity index (χ3n) is 1.95. The van der Waals surface area contributed by atoms with Crippen molar-refractivity contribution >= 4 is 17.0 Å². The van der Waals surface area contributed by atoms with Gasteiger partial charge in [-0.25, -0.2) is 15.0 Å². The summed E-state index contributed by atoms with van der Waals surface area (Å²) in [6.07, 6.45) is 2.39. The molecular formula is C9H13N5O. The van der Waals surface area contributed by atoms with Crippen molar-refractivity contribution in [3.63, 3.8) is 0 Å². The zero-order valence-corrected chi connectivity index (χ0v) is 8.53. The van der Waals surface area contributed by atoms with E-state index in [1.807, 2.05) is 0 Å². The first-order valence-corrected chi connectivity index (χ1v) is 4.84. The van der Waals surface area contributed by atoms with E-state index in [0.717, 1.165) is 18.9 Å². The number of ether oxygens (including phenoxy) is 1. The van der Waals surface area contributed by atoms with Crippen LogP contribution in [0.4, 0.5) is 5.82 Å². The van der Waals surface area contributed by atoms with Crippen LogP contribution >= 0.6 is 0 Å². The van der Waals surface area contributed by atoms with Crippen molar-refractivity contribution in [2.75, 3.05) is 12.3 Å². The number of fused-ring (bicyclic) bond motifs is 1. The van der Waals surface area contributed by atoms with Crippen LogP contribution in [0.3, 0.4) is 0 Å². The summed E-state index contributed by atoms with van der Waals surface area (Å²) in [5.74, 6) is 1.14. The number of nitrogens with one attached hydrogen (secondary N) is 1. The third-order valence-corrected chi connectivity index (χ3v) is 1.95. The average Bonchev–Trinajstić information content (AvgIpc) is 2.63. The van der Waals surface area contributed by atoms with Crippen LogP contribution < -0.4 is 5.73 Å². The summed E-state index contributed by atoms with van der Waals surface area (Å²) in [7, 11) is 0. The van der Waals surface area contributed by atoms with Gasteiger partial charge >= 0.3 is 0 Å². The van der Waals surface area contributed by atoms with Gasteiger partial charge in [-0.2, -0.15) is 0 Å². The molecule has 80 valence electrons. The molecule has 15 heavy (non-hydrogen) atoms. The highest BCUT2D eigenvalue weighted by Gasteiger charge is 2.06. The molecule has 0 saturated carbocycles. The van der Waals surface area contributed by atoms with Crippen LogP contribution in [0.25, 0.3) is 11.2 Å². The minimum Gasteiger partial charge on any atom is -0.382 e. The van der Waals surface area contributed by atoms with Gasteiger partial charge in [0.2, 0.25) is 0 Å². The van der Waals surface area contributed by atoms with Gasteiger partial charge in [0.1, 0.15) is 24.3 Å². The Balaban J connectivity index is 2.20. The molecule has 0 radical (unpaired) electrons. The maximum atomic E-state index is 5.66. The minimum absolute atomic E-state index is 0.411. The van der Waals surface area contributed by atoms with E-state index in [9.17, 15) is 0 Å². The normalized spacial score (nSPS) is 11.0. The first-order valence-electron chi connectivity index (χ1n) is 4.84. The molecular weight excluding hydrogens is 194 g/mol. The average molecular weight is 207 g/mol. The molecule has 0 amide bonds. The molecule has 0 bridgehead atoms. The summed E-state index contributed by atoms with van der Waals surface area (Å²) in [5, 5.41) is 0. The molecule has 6 heteroatoms. The van der Waals surface area contributed by atoms with Gasteiger partial charge in [0.25, 0.3) is 0 Å². The predicted molar refractivity (Wildman–Crippen MR) is 56.0 cm³/mol. The van der Waals surface area contributed by atoms with Gasteiger partial charge in [-0.1, -0.05) is 6.92 Å². The highest BCUT2D eigenvalue weighted by molar-refractivity contribution is 5.80. The summed E-state index contributed by atoms with van der Waals surface area (Å²) in [6, 6.07) is 0. The number of hydrogen-bond donors (Lipinski definition) is 2. The molecule has 0 unspecified atom stereocenters. The predicted octanol–water partition coefficient (Wildman–Crippen LogP) is 0.862. The highest BCUT2D eigenvalue weighted by Crippen LogP contribution is 2.13. The molecule has 2 aromatic heterocycles. The Labute approximate surface area is 86.9 Å². The van der Waals surface area contributed by atoms with E-state index in [-0.39, 0.29) is 0 Å². The summed E-state index contributed by atoms with van der Waals surface area (Å²) >= 11 is 0. The Morgan fingerprint density at radius 3 is 3.07 bits per heavy atom. The monoisotopic (exact) mass is 207 g/mol. The van der Waals surface area contributed by atoms with Gasteiger partial charge in [0.05, 0.1) is 0 Å². The summed E-state index contributed by atoms with van der Waals surface area (Å²) in [6.45, 7) is 3.23. The van der Waals surface area contributed by atoms with E-state index in [1.54, 1.807) is 0 Å². The Hall–Kier alpha value is -1.69. The topological polar surface area (TPSA) is 89.7 Å². The number of imidazole rings is 1. The van der Waals surface area contributed by atoms with Gasteiger partial charge in [-0.3, -0.25) is 0 Å². The molecule has 0 saturated heterocycles. The molecule has 0 aliphatic carbocycles. The molecule has 2 rings (SSSR count). The van der Waals surface area contributed by atoms with Crippen LogP contribution in [0, 0.1) is 0 Å². The molecule has 3 N–H and O–H groups in total. The number of aromatic amines is 1. The quantitative estimate of drug-likeness (QED) is 0.726. The van der Waals surface area contributed by atoms with Gasteiger partial charge in [-0.15, -0.1) is 0 Å². The molecule has 0 aliphatic heterocycles. The zero-order valence-electron chi connectivity index (χ0n) is 8.53. The fourth-order valence-corrected chi connectivity index (χ4v) is 1.28. The van der Waals surface area contributed by atoms with Crippen molar-refractivity contribution in [2.24, 2.45) is 0 Å². The zero-order chi connectivity index (χ0) is 10.7. The molecule has 0 atom stereocenters. The van der Waals surface area contributed by atoms with E-state index in [4.69, 9.17) is 10.5 Å². The Kier molecular flexibility index (Phi) is 2.77. The van der Waals surface area contributed by atoms with Crippen LogP contribution in [0.5, 0.6) is 0 Å². The molecule has 6 nitrogen and oxygen atoms in total. The lowest BCUT2D eigenvalue weighted by molar-refractivity contribution is 0.117. The lowest BCUT2D eigenvalue weighted by Crippen LogP contribution is -1.95. The molecule has 0 spiro atoms. The Morgan fingerprint density at radius 1 is 1.47 bits per heavy atom. The summed E-state index contributed by atoms with van der Waals surface area (Å²) in [5.41, 5.74) is 6.92. The number of aromatic nitrogens is 4. The second kappa shape index (κ2) is 4.22.